The summed E-state index contributed by atoms with van der Waals surface area (Å²) in [5, 5.41) is 3.52. The fraction of sp³-hybridized carbons (Fsp3) is 0.435. The van der Waals surface area contributed by atoms with Gasteiger partial charge in [-0.3, -0.25) is 4.79 Å². The first-order valence-electron chi connectivity index (χ1n) is 10.5. The molecule has 0 spiro atoms. The van der Waals surface area contributed by atoms with Crippen molar-refractivity contribution in [2.75, 3.05) is 18.4 Å². The molecule has 1 aliphatic heterocycles. The maximum atomic E-state index is 13.1. The van der Waals surface area contributed by atoms with E-state index in [0.717, 1.165) is 30.4 Å². The Morgan fingerprint density at radius 1 is 1.03 bits per heavy atom. The van der Waals surface area contributed by atoms with E-state index in [4.69, 9.17) is 11.6 Å². The summed E-state index contributed by atoms with van der Waals surface area (Å²) in [7, 11) is -3.53. The number of nitrogens with zero attached hydrogens (tertiary/aromatic N) is 1. The molecule has 1 heterocycles. The van der Waals surface area contributed by atoms with Crippen molar-refractivity contribution in [3.8, 4) is 0 Å². The first-order valence-corrected chi connectivity index (χ1v) is 12.4. The topological polar surface area (TPSA) is 66.5 Å². The number of aryl methyl sites for hydroxylation is 3. The van der Waals surface area contributed by atoms with Gasteiger partial charge in [0, 0.05) is 29.7 Å². The number of fused-ring (bicyclic) bond motifs is 1. The molecule has 0 bridgehead atoms. The molecule has 1 N–H and O–H groups in total. The summed E-state index contributed by atoms with van der Waals surface area (Å²) in [5.41, 5.74) is 4.08. The van der Waals surface area contributed by atoms with Gasteiger partial charge in [-0.15, -0.1) is 0 Å². The summed E-state index contributed by atoms with van der Waals surface area (Å²) in [6, 6.07) is 11.0. The molecule has 0 unspecified atom stereocenters. The number of hydrogen-bond donors (Lipinski definition) is 1. The predicted molar refractivity (Wildman–Crippen MR) is 119 cm³/mol. The SMILES string of the molecule is Cc1ccc(Cl)cc1NC(=O)C1CCN(S(=O)(=O)c2ccc3c(c2)CCCC3)CC1. The van der Waals surface area contributed by atoms with Crippen molar-refractivity contribution in [2.24, 2.45) is 5.92 Å². The molecule has 5 nitrogen and oxygen atoms in total. The van der Waals surface area contributed by atoms with Crippen LogP contribution in [0.25, 0.3) is 0 Å². The maximum Gasteiger partial charge on any atom is 0.243 e. The van der Waals surface area contributed by atoms with Gasteiger partial charge in [-0.25, -0.2) is 8.42 Å². The molecule has 160 valence electrons. The highest BCUT2D eigenvalue weighted by Crippen LogP contribution is 2.29. The number of sulfonamides is 1. The Balaban J connectivity index is 1.41. The van der Waals surface area contributed by atoms with Crippen molar-refractivity contribution in [1.29, 1.82) is 0 Å². The van der Waals surface area contributed by atoms with Crippen LogP contribution >= 0.6 is 11.6 Å². The van der Waals surface area contributed by atoms with Gasteiger partial charge in [0.05, 0.1) is 4.90 Å². The second-order valence-corrected chi connectivity index (χ2v) is 10.6. The number of nitrogens with one attached hydrogen (secondary N) is 1. The summed E-state index contributed by atoms with van der Waals surface area (Å²) in [6.07, 6.45) is 5.28. The average molecular weight is 447 g/mol. The largest absolute Gasteiger partial charge is 0.326 e. The number of rotatable bonds is 4. The average Bonchev–Trinajstić information content (AvgIpc) is 2.76. The Morgan fingerprint density at radius 3 is 2.47 bits per heavy atom. The van der Waals surface area contributed by atoms with E-state index >= 15 is 0 Å². The van der Waals surface area contributed by atoms with Crippen molar-refractivity contribution in [3.05, 3.63) is 58.1 Å². The molecule has 30 heavy (non-hydrogen) atoms. The summed E-state index contributed by atoms with van der Waals surface area (Å²) >= 11 is 6.03. The van der Waals surface area contributed by atoms with Crippen LogP contribution in [-0.4, -0.2) is 31.7 Å². The minimum atomic E-state index is -3.53. The number of anilines is 1. The fourth-order valence-electron chi connectivity index (χ4n) is 4.34. The molecule has 2 aromatic carbocycles. The van der Waals surface area contributed by atoms with Crippen LogP contribution in [0.4, 0.5) is 5.69 Å². The maximum absolute atomic E-state index is 13.1. The monoisotopic (exact) mass is 446 g/mol. The smallest absolute Gasteiger partial charge is 0.243 e. The Morgan fingerprint density at radius 2 is 1.73 bits per heavy atom. The van der Waals surface area contributed by atoms with E-state index in [1.54, 1.807) is 18.2 Å². The standard InChI is InChI=1S/C23H27ClN2O3S/c1-16-6-8-20(24)15-22(16)25-23(27)18-10-12-26(13-11-18)30(28,29)21-9-7-17-4-2-3-5-19(17)14-21/h6-9,14-15,18H,2-5,10-13H2,1H3,(H,25,27). The van der Waals surface area contributed by atoms with Gasteiger partial charge in [0.1, 0.15) is 0 Å². The van der Waals surface area contributed by atoms with Crippen LogP contribution in [0.1, 0.15) is 42.4 Å². The van der Waals surface area contributed by atoms with Crippen LogP contribution in [0.3, 0.4) is 0 Å². The van der Waals surface area contributed by atoms with Crippen LogP contribution in [0.5, 0.6) is 0 Å². The first kappa shape index (κ1) is 21.3. The van der Waals surface area contributed by atoms with E-state index < -0.39 is 10.0 Å². The number of carbonyl (C=O) groups excluding carboxylic acids is 1. The van der Waals surface area contributed by atoms with Gasteiger partial charge >= 0.3 is 0 Å². The van der Waals surface area contributed by atoms with E-state index in [2.05, 4.69) is 5.32 Å². The highest BCUT2D eigenvalue weighted by molar-refractivity contribution is 7.89. The normalized spacial score (nSPS) is 18.1. The molecule has 0 radical (unpaired) electrons. The summed E-state index contributed by atoms with van der Waals surface area (Å²) < 4.78 is 27.8. The number of piperidine rings is 1. The molecular formula is C23H27ClN2O3S. The van der Waals surface area contributed by atoms with Gasteiger partial charge < -0.3 is 5.32 Å². The third-order valence-corrected chi connectivity index (χ3v) is 8.37. The van der Waals surface area contributed by atoms with Crippen LogP contribution in [0.2, 0.25) is 5.02 Å². The molecule has 2 aliphatic rings. The molecule has 1 saturated heterocycles. The summed E-state index contributed by atoms with van der Waals surface area (Å²) in [4.78, 5) is 13.1. The zero-order valence-corrected chi connectivity index (χ0v) is 18.7. The second kappa shape index (κ2) is 8.69. The molecule has 1 aliphatic carbocycles. The number of benzene rings is 2. The van der Waals surface area contributed by atoms with Crippen molar-refractivity contribution in [2.45, 2.75) is 50.3 Å². The minimum Gasteiger partial charge on any atom is -0.326 e. The zero-order valence-electron chi connectivity index (χ0n) is 17.2. The molecule has 7 heteroatoms. The van der Waals surface area contributed by atoms with Crippen molar-refractivity contribution < 1.29 is 13.2 Å². The van der Waals surface area contributed by atoms with Crippen LogP contribution < -0.4 is 5.32 Å². The molecular weight excluding hydrogens is 420 g/mol. The third kappa shape index (κ3) is 4.41. The van der Waals surface area contributed by atoms with E-state index in [-0.39, 0.29) is 11.8 Å². The van der Waals surface area contributed by atoms with Gasteiger partial charge in [-0.05, 0) is 86.4 Å². The number of amides is 1. The quantitative estimate of drug-likeness (QED) is 0.748. The van der Waals surface area contributed by atoms with Crippen LogP contribution in [-0.2, 0) is 27.7 Å². The van der Waals surface area contributed by atoms with E-state index in [1.807, 2.05) is 25.1 Å². The lowest BCUT2D eigenvalue weighted by Crippen LogP contribution is -2.41. The molecule has 0 saturated carbocycles. The Hall–Kier alpha value is -1.89. The predicted octanol–water partition coefficient (Wildman–Crippen LogP) is 4.57. The van der Waals surface area contributed by atoms with Crippen molar-refractivity contribution >= 4 is 33.2 Å². The highest BCUT2D eigenvalue weighted by atomic mass is 35.5. The lowest BCUT2D eigenvalue weighted by Gasteiger charge is -2.31. The zero-order chi connectivity index (χ0) is 21.3. The van der Waals surface area contributed by atoms with Crippen LogP contribution in [0, 0.1) is 12.8 Å². The molecule has 4 rings (SSSR count). The van der Waals surface area contributed by atoms with E-state index in [0.29, 0.717) is 41.5 Å². The van der Waals surface area contributed by atoms with Crippen molar-refractivity contribution in [3.63, 3.8) is 0 Å². The molecule has 0 atom stereocenters. The molecule has 2 aromatic rings. The van der Waals surface area contributed by atoms with E-state index in [1.165, 1.54) is 16.3 Å². The molecule has 0 aromatic heterocycles. The second-order valence-electron chi connectivity index (χ2n) is 8.26. The number of halogens is 1. The first-order chi connectivity index (χ1) is 14.3. The number of hydrogen-bond acceptors (Lipinski definition) is 3. The Bertz CT molecular complexity index is 1060. The summed E-state index contributed by atoms with van der Waals surface area (Å²) in [5.74, 6) is -0.287. The van der Waals surface area contributed by atoms with Gasteiger partial charge in [0.25, 0.3) is 0 Å². The molecule has 1 fully saturated rings. The van der Waals surface area contributed by atoms with Gasteiger partial charge in [-0.2, -0.15) is 4.31 Å². The fourth-order valence-corrected chi connectivity index (χ4v) is 6.03. The minimum absolute atomic E-state index is 0.0776. The third-order valence-electron chi connectivity index (χ3n) is 6.24. The van der Waals surface area contributed by atoms with Gasteiger partial charge in [0.15, 0.2) is 0 Å². The molecule has 1 amide bonds. The van der Waals surface area contributed by atoms with Gasteiger partial charge in [0.2, 0.25) is 15.9 Å². The Kier molecular flexibility index (Phi) is 6.19. The number of carbonyl (C=O) groups is 1. The van der Waals surface area contributed by atoms with E-state index in [9.17, 15) is 13.2 Å². The lowest BCUT2D eigenvalue weighted by atomic mass is 9.92. The Labute approximate surface area is 183 Å². The van der Waals surface area contributed by atoms with Crippen LogP contribution in [0.15, 0.2) is 41.3 Å². The van der Waals surface area contributed by atoms with Gasteiger partial charge in [-0.1, -0.05) is 23.7 Å². The summed E-state index contributed by atoms with van der Waals surface area (Å²) in [6.45, 7) is 2.62. The lowest BCUT2D eigenvalue weighted by molar-refractivity contribution is -0.120. The van der Waals surface area contributed by atoms with Crippen molar-refractivity contribution in [1.82, 2.24) is 4.31 Å². The highest BCUT2D eigenvalue weighted by Gasteiger charge is 2.32.